The number of ether oxygens (including phenoxy) is 1. The molecule has 0 N–H and O–H groups in total. The molecule has 0 saturated heterocycles. The largest absolute Gasteiger partial charge is 0.467 e. The number of halogens is 1. The Kier molecular flexibility index (Phi) is 5.61. The third-order valence-corrected chi connectivity index (χ3v) is 11.1. The smallest absolute Gasteiger partial charge is 0.316 e. The van der Waals surface area contributed by atoms with Gasteiger partial charge in [-0.1, -0.05) is 17.3 Å². The standard InChI is InChI=1S/C32H36FN5O3/c1-40-29-34-17-23(18-35-29)21-3-2-4-24(13-21)38(28(39)32-14-22(15-32)25(33)16-32)19-30-7-10-31(11-8-30,12-9-30)27-36-26(37-41-27)20-5-6-20/h2-4,13,17-18,20,22,25H,5-12,14-16,19H2,1H3/t22?,25-,30?,31?,32?/m0/s1. The molecule has 7 aliphatic carbocycles. The van der Waals surface area contributed by atoms with Crippen LogP contribution in [-0.4, -0.2) is 45.8 Å². The average Bonchev–Trinajstić information content (AvgIpc) is 3.48. The van der Waals surface area contributed by atoms with Gasteiger partial charge in [-0.05, 0) is 99.7 Å². The van der Waals surface area contributed by atoms with Crippen LogP contribution in [0.5, 0.6) is 6.01 Å². The van der Waals surface area contributed by atoms with Gasteiger partial charge in [-0.2, -0.15) is 4.98 Å². The van der Waals surface area contributed by atoms with Gasteiger partial charge in [0.25, 0.3) is 0 Å². The summed E-state index contributed by atoms with van der Waals surface area (Å²) in [5.74, 6) is 2.34. The number of amides is 1. The van der Waals surface area contributed by atoms with Gasteiger partial charge >= 0.3 is 6.01 Å². The lowest BCUT2D eigenvalue weighted by Gasteiger charge is -2.54. The van der Waals surface area contributed by atoms with Crippen LogP contribution < -0.4 is 9.64 Å². The zero-order valence-electron chi connectivity index (χ0n) is 23.5. The molecule has 2 heterocycles. The van der Waals surface area contributed by atoms with Gasteiger partial charge in [0.2, 0.25) is 11.8 Å². The zero-order chi connectivity index (χ0) is 27.8. The summed E-state index contributed by atoms with van der Waals surface area (Å²) in [5.41, 5.74) is 2.10. The molecule has 0 aliphatic heterocycles. The van der Waals surface area contributed by atoms with Crippen molar-refractivity contribution in [3.8, 4) is 17.1 Å². The van der Waals surface area contributed by atoms with E-state index in [1.165, 1.54) is 0 Å². The first-order valence-electron chi connectivity index (χ1n) is 15.2. The maximum Gasteiger partial charge on any atom is 0.316 e. The van der Waals surface area contributed by atoms with E-state index in [4.69, 9.17) is 14.2 Å². The number of aromatic nitrogens is 4. The summed E-state index contributed by atoms with van der Waals surface area (Å²) in [7, 11) is 1.54. The molecule has 1 amide bonds. The van der Waals surface area contributed by atoms with Crippen molar-refractivity contribution in [1.29, 1.82) is 0 Å². The summed E-state index contributed by atoms with van der Waals surface area (Å²) in [6.45, 7) is 0.658. The van der Waals surface area contributed by atoms with E-state index < -0.39 is 11.6 Å². The number of hydrogen-bond acceptors (Lipinski definition) is 7. The molecule has 9 heteroatoms. The second kappa shape index (κ2) is 9.07. The number of nitrogens with zero attached hydrogens (tertiary/aromatic N) is 5. The molecular formula is C32H36FN5O3. The summed E-state index contributed by atoms with van der Waals surface area (Å²) in [6, 6.07) is 8.39. The first-order valence-corrected chi connectivity index (χ1v) is 15.2. The van der Waals surface area contributed by atoms with E-state index in [-0.39, 0.29) is 22.7 Å². The fourth-order valence-corrected chi connectivity index (χ4v) is 8.27. The summed E-state index contributed by atoms with van der Waals surface area (Å²) in [6.07, 6.45) is 12.7. The molecule has 0 unspecified atom stereocenters. The van der Waals surface area contributed by atoms with Crippen LogP contribution in [0.1, 0.15) is 88.3 Å². The van der Waals surface area contributed by atoms with Crippen LogP contribution in [0.2, 0.25) is 0 Å². The number of carbonyl (C=O) groups is 1. The summed E-state index contributed by atoms with van der Waals surface area (Å²) < 4.78 is 25.6. The Labute approximate surface area is 239 Å². The third kappa shape index (κ3) is 4.09. The molecule has 7 saturated carbocycles. The second-order valence-corrected chi connectivity index (χ2v) is 13.6. The molecule has 41 heavy (non-hydrogen) atoms. The Morgan fingerprint density at radius 1 is 1.05 bits per heavy atom. The maximum atomic E-state index is 14.6. The maximum absolute atomic E-state index is 14.6. The van der Waals surface area contributed by atoms with Gasteiger partial charge in [0.05, 0.1) is 12.5 Å². The molecule has 1 aromatic carbocycles. The predicted octanol–water partition coefficient (Wildman–Crippen LogP) is 6.18. The van der Waals surface area contributed by atoms with Crippen LogP contribution in [0, 0.1) is 16.7 Å². The minimum atomic E-state index is -0.860. The highest BCUT2D eigenvalue weighted by molar-refractivity contribution is 5.99. The molecule has 214 valence electrons. The van der Waals surface area contributed by atoms with Gasteiger partial charge in [0, 0.05) is 41.5 Å². The number of anilines is 1. The monoisotopic (exact) mass is 557 g/mol. The Morgan fingerprint density at radius 2 is 1.78 bits per heavy atom. The summed E-state index contributed by atoms with van der Waals surface area (Å²) >= 11 is 0. The molecule has 7 fully saturated rings. The van der Waals surface area contributed by atoms with Crippen molar-refractivity contribution in [2.45, 2.75) is 88.1 Å². The van der Waals surface area contributed by atoms with Crippen LogP contribution in [0.25, 0.3) is 11.1 Å². The van der Waals surface area contributed by atoms with Crippen LogP contribution in [0.15, 0.2) is 41.2 Å². The normalized spacial score (nSPS) is 33.4. The fourth-order valence-electron chi connectivity index (χ4n) is 8.27. The fraction of sp³-hybridized carbons (Fsp3) is 0.594. The van der Waals surface area contributed by atoms with Crippen molar-refractivity contribution in [2.75, 3.05) is 18.6 Å². The Balaban J connectivity index is 1.08. The molecular weight excluding hydrogens is 521 g/mol. The Hall–Kier alpha value is -3.36. The van der Waals surface area contributed by atoms with E-state index in [1.807, 2.05) is 23.1 Å². The van der Waals surface area contributed by atoms with Gasteiger partial charge in [-0.25, -0.2) is 14.4 Å². The lowest BCUT2D eigenvalue weighted by molar-refractivity contribution is -0.132. The highest BCUT2D eigenvalue weighted by atomic mass is 19.1. The van der Waals surface area contributed by atoms with E-state index in [1.54, 1.807) is 19.5 Å². The second-order valence-electron chi connectivity index (χ2n) is 13.6. The van der Waals surface area contributed by atoms with Gasteiger partial charge in [-0.15, -0.1) is 0 Å². The number of fused-ring (bicyclic) bond motifs is 4. The number of rotatable bonds is 8. The van der Waals surface area contributed by atoms with Gasteiger partial charge in [0.1, 0.15) is 6.17 Å². The Morgan fingerprint density at radius 3 is 2.41 bits per heavy atom. The first kappa shape index (κ1) is 25.4. The van der Waals surface area contributed by atoms with E-state index in [0.717, 1.165) is 79.9 Å². The third-order valence-electron chi connectivity index (χ3n) is 11.1. The first-order chi connectivity index (χ1) is 19.9. The summed E-state index contributed by atoms with van der Waals surface area (Å²) in [4.78, 5) is 29.8. The molecule has 2 aromatic heterocycles. The van der Waals surface area contributed by atoms with Crippen LogP contribution in [-0.2, 0) is 10.2 Å². The Bertz CT molecular complexity index is 1450. The molecule has 1 atom stereocenters. The number of hydrogen-bond donors (Lipinski definition) is 0. The van der Waals surface area contributed by atoms with E-state index in [9.17, 15) is 9.18 Å². The quantitative estimate of drug-likeness (QED) is 0.327. The minimum Gasteiger partial charge on any atom is -0.467 e. The van der Waals surface area contributed by atoms with Gasteiger partial charge in [0.15, 0.2) is 5.82 Å². The van der Waals surface area contributed by atoms with Crippen LogP contribution in [0.4, 0.5) is 10.1 Å². The highest BCUT2D eigenvalue weighted by Gasteiger charge is 2.62. The topological polar surface area (TPSA) is 94.2 Å². The molecule has 8 nitrogen and oxygen atoms in total. The van der Waals surface area contributed by atoms with E-state index >= 15 is 0 Å². The molecule has 0 radical (unpaired) electrons. The van der Waals surface area contributed by atoms with Gasteiger partial charge < -0.3 is 14.2 Å². The van der Waals surface area contributed by atoms with Gasteiger partial charge in [-0.3, -0.25) is 4.79 Å². The minimum absolute atomic E-state index is 0.0300. The van der Waals surface area contributed by atoms with Crippen molar-refractivity contribution < 1.29 is 18.4 Å². The van der Waals surface area contributed by atoms with Crippen molar-refractivity contribution >= 4 is 11.6 Å². The summed E-state index contributed by atoms with van der Waals surface area (Å²) in [5, 5.41) is 4.31. The molecule has 0 spiro atoms. The van der Waals surface area contributed by atoms with Crippen LogP contribution >= 0.6 is 0 Å². The lowest BCUT2D eigenvalue weighted by atomic mass is 9.53. The predicted molar refractivity (Wildman–Crippen MR) is 149 cm³/mol. The van der Waals surface area contributed by atoms with E-state index in [2.05, 4.69) is 21.2 Å². The average molecular weight is 558 g/mol. The molecule has 7 aliphatic rings. The number of alkyl halides is 1. The SMILES string of the molecule is COc1ncc(-c2cccc(N(CC34CCC(c5nc(C6CC6)no5)(CC3)CC4)C(=O)C34CC(C3)[C@@H](F)C4)c2)cn1. The number of methoxy groups -OCH3 is 1. The molecule has 4 bridgehead atoms. The van der Waals surface area contributed by atoms with Crippen molar-refractivity contribution in [3.05, 3.63) is 48.4 Å². The molecule has 10 rings (SSSR count). The van der Waals surface area contributed by atoms with Crippen molar-refractivity contribution in [2.24, 2.45) is 16.7 Å². The van der Waals surface area contributed by atoms with Crippen molar-refractivity contribution in [1.82, 2.24) is 20.1 Å². The number of benzene rings is 1. The zero-order valence-corrected chi connectivity index (χ0v) is 23.5. The van der Waals surface area contributed by atoms with Crippen molar-refractivity contribution in [3.63, 3.8) is 0 Å². The lowest BCUT2D eigenvalue weighted by Crippen LogP contribution is -2.54. The van der Waals surface area contributed by atoms with Crippen LogP contribution in [0.3, 0.4) is 0 Å². The number of carbonyl (C=O) groups excluding carboxylic acids is 1. The van der Waals surface area contributed by atoms with E-state index in [0.29, 0.717) is 37.7 Å². The highest BCUT2D eigenvalue weighted by Crippen LogP contribution is 2.62. The molecule has 3 aromatic rings.